The average molecular weight is 714 g/mol. The lowest BCUT2D eigenvalue weighted by Gasteiger charge is -2.20. The number of hydrogen-bond acceptors (Lipinski definition) is 19. The van der Waals surface area contributed by atoms with Gasteiger partial charge in [0, 0.05) is 12.6 Å². The number of aliphatic carboxylic acids is 1. The number of aliphatic hydroxyl groups excluding tert-OH is 4. The number of nitrogens with two attached hydrogens (primary N) is 3. The Labute approximate surface area is 264 Å². The molecule has 0 bridgehead atoms. The van der Waals surface area contributed by atoms with Gasteiger partial charge in [0.25, 0.3) is 0 Å². The van der Waals surface area contributed by atoms with Gasteiger partial charge in [0.15, 0.2) is 29.9 Å². The van der Waals surface area contributed by atoms with Gasteiger partial charge in [-0.1, -0.05) is 0 Å². The summed E-state index contributed by atoms with van der Waals surface area (Å²) in [6, 6.07) is -1.18. The highest BCUT2D eigenvalue weighted by Gasteiger charge is 2.47. The number of hydrogen-bond donors (Lipinski definition) is 10. The fraction of sp³-hybridized carbons (Fsp3) is 0.667. The van der Waals surface area contributed by atoms with E-state index in [1.165, 1.54) is 10.9 Å². The number of nitrogens with zero attached hydrogens (tertiary/aromatic N) is 5. The SMILES string of the molecule is NC(=NCCC[C@H](N)C(=O)[O-])N[C@H]1O[C@H](COP(=O)(O)OP(=O)(O)OC[C@H]2O[C@@H](n3cnc4c(N)ncnc43)[C@H](O)[C@@H]2O)[C@@H](O)[C@H]1O. The second-order valence-electron chi connectivity index (χ2n) is 10.3. The average Bonchev–Trinajstić information content (AvgIpc) is 3.63. The van der Waals surface area contributed by atoms with Crippen molar-refractivity contribution in [2.75, 3.05) is 25.5 Å². The van der Waals surface area contributed by atoms with Crippen molar-refractivity contribution in [2.45, 2.75) is 68.0 Å². The van der Waals surface area contributed by atoms with E-state index in [0.29, 0.717) is 0 Å². The van der Waals surface area contributed by atoms with Crippen molar-refractivity contribution in [3.63, 3.8) is 0 Å². The second-order valence-corrected chi connectivity index (χ2v) is 13.3. The molecule has 2 unspecified atom stereocenters. The number of phosphoric ester groups is 2. The lowest BCUT2D eigenvalue weighted by molar-refractivity contribution is -0.307. The molecule has 2 aromatic rings. The quantitative estimate of drug-likeness (QED) is 0.0356. The Bertz CT molecular complexity index is 1530. The minimum atomic E-state index is -5.39. The predicted molar refractivity (Wildman–Crippen MR) is 151 cm³/mol. The van der Waals surface area contributed by atoms with Gasteiger partial charge in [-0.3, -0.25) is 18.6 Å². The largest absolute Gasteiger partial charge is 0.548 e. The molecule has 4 rings (SSSR count). The first-order chi connectivity index (χ1) is 22.0. The van der Waals surface area contributed by atoms with Gasteiger partial charge in [-0.2, -0.15) is 4.31 Å². The number of nitrogen functional groups attached to an aromatic ring is 1. The van der Waals surface area contributed by atoms with E-state index in [9.17, 15) is 49.2 Å². The smallest absolute Gasteiger partial charge is 0.481 e. The maximum absolute atomic E-state index is 12.4. The van der Waals surface area contributed by atoms with Crippen molar-refractivity contribution in [1.29, 1.82) is 0 Å². The number of rotatable bonds is 15. The van der Waals surface area contributed by atoms with Crippen LogP contribution in [0, 0.1) is 0 Å². The molecule has 24 nitrogen and oxygen atoms in total. The molecule has 2 fully saturated rings. The third kappa shape index (κ3) is 9.16. The highest BCUT2D eigenvalue weighted by Crippen LogP contribution is 2.60. The first-order valence-electron chi connectivity index (χ1n) is 13.6. The first kappa shape index (κ1) is 36.9. The second kappa shape index (κ2) is 15.1. The van der Waals surface area contributed by atoms with Crippen molar-refractivity contribution in [1.82, 2.24) is 24.8 Å². The van der Waals surface area contributed by atoms with Gasteiger partial charge in [-0.15, -0.1) is 0 Å². The van der Waals surface area contributed by atoms with Gasteiger partial charge in [0.05, 0.1) is 25.5 Å². The molecule has 26 heteroatoms. The van der Waals surface area contributed by atoms with Crippen LogP contribution in [0.2, 0.25) is 0 Å². The molecule has 264 valence electrons. The van der Waals surface area contributed by atoms with Crippen LogP contribution in [0.3, 0.4) is 0 Å². The molecule has 2 saturated heterocycles. The highest BCUT2D eigenvalue weighted by atomic mass is 31.3. The molecule has 0 amide bonds. The van der Waals surface area contributed by atoms with Crippen LogP contribution in [-0.4, -0.2) is 130 Å². The molecule has 0 saturated carbocycles. The number of ether oxygens (including phenoxy) is 2. The van der Waals surface area contributed by atoms with Crippen LogP contribution in [0.15, 0.2) is 17.6 Å². The van der Waals surface area contributed by atoms with E-state index in [0.717, 1.165) is 6.33 Å². The summed E-state index contributed by atoms with van der Waals surface area (Å²) in [5, 5.41) is 54.5. The minimum Gasteiger partial charge on any atom is -0.548 e. The van der Waals surface area contributed by atoms with Gasteiger partial charge in [0.1, 0.15) is 48.5 Å². The fourth-order valence-electron chi connectivity index (χ4n) is 4.49. The maximum atomic E-state index is 12.4. The summed E-state index contributed by atoms with van der Waals surface area (Å²) in [6.45, 7) is -1.80. The number of carboxylic acid groups (broad SMARTS) is 1. The Kier molecular flexibility index (Phi) is 11.8. The van der Waals surface area contributed by atoms with E-state index in [1.54, 1.807) is 0 Å². The van der Waals surface area contributed by atoms with Crippen molar-refractivity contribution >= 4 is 44.6 Å². The molecule has 0 aliphatic carbocycles. The third-order valence-corrected chi connectivity index (χ3v) is 9.52. The Balaban J connectivity index is 1.25. The Hall–Kier alpha value is -2.93. The zero-order chi connectivity index (χ0) is 34.7. The van der Waals surface area contributed by atoms with E-state index in [-0.39, 0.29) is 42.3 Å². The lowest BCUT2D eigenvalue weighted by atomic mass is 10.1. The van der Waals surface area contributed by atoms with Crippen molar-refractivity contribution in [2.24, 2.45) is 16.5 Å². The molecule has 2 aliphatic heterocycles. The number of phosphoric acid groups is 2. The van der Waals surface area contributed by atoms with Crippen molar-refractivity contribution in [3.8, 4) is 0 Å². The number of carbonyl (C=O) groups is 1. The summed E-state index contributed by atoms with van der Waals surface area (Å²) < 4.78 is 50.5. The number of aliphatic hydroxyl groups is 4. The van der Waals surface area contributed by atoms with E-state index < -0.39 is 89.9 Å². The summed E-state index contributed by atoms with van der Waals surface area (Å²) in [7, 11) is -10.8. The Morgan fingerprint density at radius 2 is 1.66 bits per heavy atom. The molecule has 0 radical (unpaired) electrons. The van der Waals surface area contributed by atoms with Crippen LogP contribution in [0.4, 0.5) is 5.82 Å². The molecule has 11 atom stereocenters. The summed E-state index contributed by atoms with van der Waals surface area (Å²) in [5.74, 6) is -1.64. The normalized spacial score (nSPS) is 31.4. The van der Waals surface area contributed by atoms with Gasteiger partial charge >= 0.3 is 15.6 Å². The lowest BCUT2D eigenvalue weighted by Crippen LogP contribution is -2.47. The summed E-state index contributed by atoms with van der Waals surface area (Å²) in [4.78, 5) is 46.3. The first-order valence-corrected chi connectivity index (χ1v) is 16.6. The topological polar surface area (TPSA) is 388 Å². The number of anilines is 1. The molecular formula is C21H34N9O15P2-. The Morgan fingerprint density at radius 3 is 2.30 bits per heavy atom. The molecule has 2 aliphatic rings. The number of carbonyl (C=O) groups excluding carboxylic acids is 1. The fourth-order valence-corrected chi connectivity index (χ4v) is 6.58. The number of aliphatic imine (C=N–C) groups is 1. The van der Waals surface area contributed by atoms with Crippen LogP contribution in [-0.2, 0) is 36.8 Å². The maximum Gasteiger partial charge on any atom is 0.481 e. The van der Waals surface area contributed by atoms with Crippen LogP contribution in [0.5, 0.6) is 0 Å². The summed E-state index contributed by atoms with van der Waals surface area (Å²) >= 11 is 0. The molecule has 0 spiro atoms. The van der Waals surface area contributed by atoms with Crippen LogP contribution in [0.25, 0.3) is 11.2 Å². The molecule has 4 heterocycles. The van der Waals surface area contributed by atoms with Gasteiger partial charge < -0.3 is 72.1 Å². The third-order valence-electron chi connectivity index (χ3n) is 6.92. The van der Waals surface area contributed by atoms with E-state index in [4.69, 9.17) is 26.7 Å². The molecule has 47 heavy (non-hydrogen) atoms. The van der Waals surface area contributed by atoms with E-state index in [1.807, 2.05) is 0 Å². The number of fused-ring (bicyclic) bond motifs is 1. The van der Waals surface area contributed by atoms with Crippen molar-refractivity contribution < 1.29 is 72.1 Å². The van der Waals surface area contributed by atoms with Crippen LogP contribution >= 0.6 is 15.6 Å². The molecular weight excluding hydrogens is 680 g/mol. The van der Waals surface area contributed by atoms with Gasteiger partial charge in [-0.25, -0.2) is 24.1 Å². The number of nitrogens with one attached hydrogen (secondary N) is 1. The Morgan fingerprint density at radius 1 is 1.04 bits per heavy atom. The van der Waals surface area contributed by atoms with Gasteiger partial charge in [0.2, 0.25) is 0 Å². The monoisotopic (exact) mass is 714 g/mol. The number of aromatic nitrogens is 4. The standard InChI is InChI=1S/C21H35N9O15P2/c22-8(20(35)36)2-1-3-25-21(24)29-18-14(33)12(31)9(43-18)4-41-46(37,38)45-47(39,40)42-5-10-13(32)15(34)19(44-10)30-7-28-11-16(23)26-6-27-17(11)30/h6-10,12-15,18-19,31-34H,1-5,22H2,(H,35,36)(H,37,38)(H,39,40)(H2,23,26,27)(H3,24,25,29)/p-1/t8-,9+,10+,12+,13+,14+,15+,18-,19+/m0/s1. The van der Waals surface area contributed by atoms with Crippen molar-refractivity contribution in [3.05, 3.63) is 12.7 Å². The molecule has 13 N–H and O–H groups in total. The molecule has 0 aromatic carbocycles. The number of guanidine groups is 1. The summed E-state index contributed by atoms with van der Waals surface area (Å²) in [5.41, 5.74) is 17.1. The van der Waals surface area contributed by atoms with Crippen LogP contribution in [0.1, 0.15) is 19.1 Å². The zero-order valence-electron chi connectivity index (χ0n) is 24.1. The van der Waals surface area contributed by atoms with E-state index in [2.05, 4.69) is 38.6 Å². The summed E-state index contributed by atoms with van der Waals surface area (Å²) in [6.07, 6.45) is -9.55. The zero-order valence-corrected chi connectivity index (χ0v) is 25.9. The molecule has 2 aromatic heterocycles. The number of imidazole rings is 1. The highest BCUT2D eigenvalue weighted by molar-refractivity contribution is 7.61. The minimum absolute atomic E-state index is 0.0412. The van der Waals surface area contributed by atoms with Gasteiger partial charge in [-0.05, 0) is 12.8 Å². The van der Waals surface area contributed by atoms with Crippen LogP contribution < -0.4 is 27.6 Å². The van der Waals surface area contributed by atoms with E-state index >= 15 is 0 Å². The number of carboxylic acids is 1. The predicted octanol–water partition coefficient (Wildman–Crippen LogP) is -5.51.